The summed E-state index contributed by atoms with van der Waals surface area (Å²) in [5, 5.41) is 15.8. The highest BCUT2D eigenvalue weighted by atomic mass is 35.5. The van der Waals surface area contributed by atoms with Crippen molar-refractivity contribution in [2.24, 2.45) is 0 Å². The standard InChI is InChI=1S/C18H21ClN4O2S/c1-10-8-22(9-11(2)25-10)15(13-6-4-5-7-14(13)19)16-17(24)23-18(26-16)20-12(3)21-23/h4-7,10-11,15,24H,8-9H2,1-3H3/t10-,11-,15+/m1/s1. The lowest BCUT2D eigenvalue weighted by atomic mass is 10.0. The van der Waals surface area contributed by atoms with Crippen LogP contribution in [0.25, 0.3) is 4.96 Å². The number of fused-ring (bicyclic) bond motifs is 1. The van der Waals surface area contributed by atoms with Gasteiger partial charge in [0, 0.05) is 18.1 Å². The Bertz CT molecular complexity index is 931. The van der Waals surface area contributed by atoms with Crippen LogP contribution in [0.1, 0.15) is 36.2 Å². The Balaban J connectivity index is 1.85. The van der Waals surface area contributed by atoms with Gasteiger partial charge in [-0.2, -0.15) is 4.52 Å². The minimum Gasteiger partial charge on any atom is -0.492 e. The van der Waals surface area contributed by atoms with Crippen molar-refractivity contribution in [2.75, 3.05) is 13.1 Å². The van der Waals surface area contributed by atoms with Crippen LogP contribution in [0.5, 0.6) is 5.88 Å². The maximum absolute atomic E-state index is 10.9. The number of rotatable bonds is 3. The first-order chi connectivity index (χ1) is 12.4. The molecule has 0 unspecified atom stereocenters. The SMILES string of the molecule is Cc1nc2sc([C@H](c3ccccc3Cl)N3C[C@@H](C)O[C@H](C)C3)c(O)n2n1. The van der Waals surface area contributed by atoms with Crippen molar-refractivity contribution >= 4 is 27.9 Å². The van der Waals surface area contributed by atoms with E-state index < -0.39 is 0 Å². The number of ether oxygens (including phenoxy) is 1. The van der Waals surface area contributed by atoms with E-state index in [9.17, 15) is 5.11 Å². The molecule has 26 heavy (non-hydrogen) atoms. The topological polar surface area (TPSA) is 62.9 Å². The van der Waals surface area contributed by atoms with Gasteiger partial charge in [-0.25, -0.2) is 4.98 Å². The number of aromatic nitrogens is 3. The number of hydrogen-bond donors (Lipinski definition) is 1. The van der Waals surface area contributed by atoms with Gasteiger partial charge in [0.25, 0.3) is 0 Å². The van der Waals surface area contributed by atoms with E-state index in [-0.39, 0.29) is 24.1 Å². The first-order valence-electron chi connectivity index (χ1n) is 8.63. The maximum atomic E-state index is 10.9. The lowest BCUT2D eigenvalue weighted by Crippen LogP contribution is -2.47. The summed E-state index contributed by atoms with van der Waals surface area (Å²) >= 11 is 7.99. The van der Waals surface area contributed by atoms with Gasteiger partial charge in [0.1, 0.15) is 5.82 Å². The third-order valence-electron chi connectivity index (χ3n) is 4.57. The van der Waals surface area contributed by atoms with Crippen molar-refractivity contribution in [3.63, 3.8) is 0 Å². The van der Waals surface area contributed by atoms with E-state index >= 15 is 0 Å². The van der Waals surface area contributed by atoms with Crippen LogP contribution in [-0.2, 0) is 4.74 Å². The summed E-state index contributed by atoms with van der Waals surface area (Å²) in [6.07, 6.45) is 0.214. The maximum Gasteiger partial charge on any atom is 0.230 e. The molecule has 1 aromatic carbocycles. The van der Waals surface area contributed by atoms with Gasteiger partial charge in [-0.15, -0.1) is 5.10 Å². The average molecular weight is 393 g/mol. The molecule has 1 aliphatic heterocycles. The molecule has 0 aliphatic carbocycles. The van der Waals surface area contributed by atoms with E-state index in [2.05, 4.69) is 28.8 Å². The molecule has 0 radical (unpaired) electrons. The fourth-order valence-electron chi connectivity index (χ4n) is 3.66. The number of hydrogen-bond acceptors (Lipinski definition) is 6. The Hall–Kier alpha value is -1.67. The number of aromatic hydroxyl groups is 1. The predicted molar refractivity (Wildman–Crippen MR) is 102 cm³/mol. The molecule has 1 fully saturated rings. The predicted octanol–water partition coefficient (Wildman–Crippen LogP) is 3.66. The zero-order valence-corrected chi connectivity index (χ0v) is 16.5. The number of halogens is 1. The summed E-state index contributed by atoms with van der Waals surface area (Å²) in [5.41, 5.74) is 0.965. The van der Waals surface area contributed by atoms with Gasteiger partial charge >= 0.3 is 0 Å². The van der Waals surface area contributed by atoms with Gasteiger partial charge in [0.05, 0.1) is 23.1 Å². The van der Waals surface area contributed by atoms with Crippen LogP contribution in [0.3, 0.4) is 0 Å². The summed E-state index contributed by atoms with van der Waals surface area (Å²) in [6, 6.07) is 7.61. The molecule has 1 aliphatic rings. The summed E-state index contributed by atoms with van der Waals surface area (Å²) in [4.78, 5) is 8.20. The number of aryl methyl sites for hydroxylation is 1. The summed E-state index contributed by atoms with van der Waals surface area (Å²) < 4.78 is 7.40. The molecule has 2 aromatic heterocycles. The van der Waals surface area contributed by atoms with Gasteiger partial charge in [0.15, 0.2) is 0 Å². The van der Waals surface area contributed by atoms with E-state index in [4.69, 9.17) is 16.3 Å². The summed E-state index contributed by atoms with van der Waals surface area (Å²) in [5.74, 6) is 0.767. The molecule has 3 atom stereocenters. The fourth-order valence-corrected chi connectivity index (χ4v) is 5.05. The van der Waals surface area contributed by atoms with Crippen LogP contribution in [0.2, 0.25) is 5.02 Å². The molecular formula is C18H21ClN4O2S. The lowest BCUT2D eigenvalue weighted by Gasteiger charge is -2.40. The monoisotopic (exact) mass is 392 g/mol. The van der Waals surface area contributed by atoms with Gasteiger partial charge in [-0.05, 0) is 32.4 Å². The molecule has 3 heterocycles. The van der Waals surface area contributed by atoms with E-state index in [0.717, 1.165) is 23.5 Å². The van der Waals surface area contributed by atoms with E-state index in [0.29, 0.717) is 15.8 Å². The van der Waals surface area contributed by atoms with Crippen LogP contribution in [-0.4, -0.2) is 49.9 Å². The van der Waals surface area contributed by atoms with E-state index in [1.54, 1.807) is 0 Å². The number of thiazole rings is 1. The van der Waals surface area contributed by atoms with Crippen molar-refractivity contribution in [3.8, 4) is 5.88 Å². The highest BCUT2D eigenvalue weighted by molar-refractivity contribution is 7.17. The Morgan fingerprint density at radius 1 is 1.27 bits per heavy atom. The lowest BCUT2D eigenvalue weighted by molar-refractivity contribution is -0.0764. The van der Waals surface area contributed by atoms with Gasteiger partial charge < -0.3 is 9.84 Å². The Kier molecular flexibility index (Phi) is 4.64. The average Bonchev–Trinajstić information content (AvgIpc) is 3.07. The van der Waals surface area contributed by atoms with Gasteiger partial charge in [-0.3, -0.25) is 4.90 Å². The first kappa shape index (κ1) is 17.7. The fraction of sp³-hybridized carbons (Fsp3) is 0.444. The molecule has 0 amide bonds. The number of nitrogens with zero attached hydrogens (tertiary/aromatic N) is 4. The largest absolute Gasteiger partial charge is 0.492 e. The van der Waals surface area contributed by atoms with Crippen molar-refractivity contribution in [3.05, 3.63) is 45.6 Å². The zero-order chi connectivity index (χ0) is 18.4. The third kappa shape index (κ3) is 3.09. The quantitative estimate of drug-likeness (QED) is 0.737. The third-order valence-corrected chi connectivity index (χ3v) is 5.98. The Morgan fingerprint density at radius 3 is 2.62 bits per heavy atom. The Morgan fingerprint density at radius 2 is 1.96 bits per heavy atom. The van der Waals surface area contributed by atoms with Crippen LogP contribution in [0.4, 0.5) is 0 Å². The van der Waals surface area contributed by atoms with Crippen molar-refractivity contribution in [2.45, 2.75) is 39.0 Å². The van der Waals surface area contributed by atoms with Gasteiger partial charge in [-0.1, -0.05) is 41.1 Å². The van der Waals surface area contributed by atoms with Crippen LogP contribution in [0.15, 0.2) is 24.3 Å². The van der Waals surface area contributed by atoms with Crippen molar-refractivity contribution < 1.29 is 9.84 Å². The second-order valence-electron chi connectivity index (χ2n) is 6.78. The molecule has 0 bridgehead atoms. The smallest absolute Gasteiger partial charge is 0.230 e. The van der Waals surface area contributed by atoms with E-state index in [1.807, 2.05) is 31.2 Å². The molecule has 8 heteroatoms. The van der Waals surface area contributed by atoms with Gasteiger partial charge in [0.2, 0.25) is 10.8 Å². The number of benzene rings is 1. The molecule has 6 nitrogen and oxygen atoms in total. The molecule has 4 rings (SSSR count). The molecule has 3 aromatic rings. The normalized spacial score (nSPS) is 22.8. The van der Waals surface area contributed by atoms with Crippen LogP contribution >= 0.6 is 22.9 Å². The van der Waals surface area contributed by atoms with Crippen LogP contribution < -0.4 is 0 Å². The molecular weight excluding hydrogens is 372 g/mol. The first-order valence-corrected chi connectivity index (χ1v) is 9.82. The molecule has 1 saturated heterocycles. The minimum atomic E-state index is -0.175. The van der Waals surface area contributed by atoms with E-state index in [1.165, 1.54) is 15.9 Å². The summed E-state index contributed by atoms with van der Waals surface area (Å²) in [6.45, 7) is 7.46. The second-order valence-corrected chi connectivity index (χ2v) is 8.19. The second kappa shape index (κ2) is 6.81. The van der Waals surface area contributed by atoms with Crippen molar-refractivity contribution in [1.82, 2.24) is 19.5 Å². The minimum absolute atomic E-state index is 0.107. The molecule has 1 N–H and O–H groups in total. The number of morpholine rings is 1. The summed E-state index contributed by atoms with van der Waals surface area (Å²) in [7, 11) is 0. The highest BCUT2D eigenvalue weighted by Gasteiger charge is 2.34. The van der Waals surface area contributed by atoms with Crippen molar-refractivity contribution in [1.29, 1.82) is 0 Å². The molecule has 138 valence electrons. The Labute approximate surface area is 161 Å². The van der Waals surface area contributed by atoms with Crippen LogP contribution in [0, 0.1) is 6.92 Å². The zero-order valence-electron chi connectivity index (χ0n) is 14.9. The highest BCUT2D eigenvalue weighted by Crippen LogP contribution is 2.42. The molecule has 0 saturated carbocycles. The molecule has 0 spiro atoms.